The van der Waals surface area contributed by atoms with Gasteiger partial charge in [0.25, 0.3) is 0 Å². The molecule has 2 aromatic carbocycles. The second-order valence-electron chi connectivity index (χ2n) is 4.36. The van der Waals surface area contributed by atoms with E-state index >= 15 is 0 Å². The SMILES string of the molecule is C#CCc1c(C(=O)CC)cccc1-c1ccccc1. The third kappa shape index (κ3) is 2.74. The van der Waals surface area contributed by atoms with Crippen molar-refractivity contribution in [2.75, 3.05) is 0 Å². The van der Waals surface area contributed by atoms with Crippen LogP contribution in [0.15, 0.2) is 48.5 Å². The van der Waals surface area contributed by atoms with Gasteiger partial charge in [-0.2, -0.15) is 0 Å². The molecule has 0 spiro atoms. The molecule has 1 nitrogen and oxygen atoms in total. The second kappa shape index (κ2) is 6.02. The van der Waals surface area contributed by atoms with Gasteiger partial charge in [0.05, 0.1) is 0 Å². The van der Waals surface area contributed by atoms with Crippen molar-refractivity contribution in [3.05, 3.63) is 59.7 Å². The van der Waals surface area contributed by atoms with E-state index in [0.717, 1.165) is 22.3 Å². The standard InChI is InChI=1S/C18H16O/c1-3-9-16-15(14-10-6-5-7-11-14)12-8-13-17(16)18(19)4-2/h1,5-8,10-13H,4,9H2,2H3. The molecule has 0 N–H and O–H groups in total. The Balaban J connectivity index is 2.62. The fourth-order valence-electron chi connectivity index (χ4n) is 2.22. The molecule has 0 fully saturated rings. The molecular formula is C18H16O. The largest absolute Gasteiger partial charge is 0.294 e. The number of hydrogen-bond donors (Lipinski definition) is 0. The van der Waals surface area contributed by atoms with E-state index in [4.69, 9.17) is 6.42 Å². The summed E-state index contributed by atoms with van der Waals surface area (Å²) < 4.78 is 0. The molecule has 0 heterocycles. The van der Waals surface area contributed by atoms with Gasteiger partial charge in [0.15, 0.2) is 5.78 Å². The van der Waals surface area contributed by atoms with Crippen LogP contribution in [0.4, 0.5) is 0 Å². The molecule has 0 bridgehead atoms. The summed E-state index contributed by atoms with van der Waals surface area (Å²) in [6.45, 7) is 1.87. The van der Waals surface area contributed by atoms with E-state index in [0.29, 0.717) is 12.8 Å². The Kier molecular flexibility index (Phi) is 4.15. The van der Waals surface area contributed by atoms with Crippen molar-refractivity contribution < 1.29 is 4.79 Å². The highest BCUT2D eigenvalue weighted by Gasteiger charge is 2.13. The average Bonchev–Trinajstić information content (AvgIpc) is 2.48. The predicted octanol–water partition coefficient (Wildman–Crippen LogP) is 4.12. The van der Waals surface area contributed by atoms with Crippen molar-refractivity contribution in [2.45, 2.75) is 19.8 Å². The average molecular weight is 248 g/mol. The van der Waals surface area contributed by atoms with E-state index in [1.165, 1.54) is 0 Å². The van der Waals surface area contributed by atoms with Crippen molar-refractivity contribution in [1.82, 2.24) is 0 Å². The van der Waals surface area contributed by atoms with E-state index < -0.39 is 0 Å². The number of terminal acetylenes is 1. The molecule has 0 amide bonds. The Bertz CT molecular complexity index is 618. The highest BCUT2D eigenvalue weighted by molar-refractivity contribution is 5.99. The maximum atomic E-state index is 12.0. The summed E-state index contributed by atoms with van der Waals surface area (Å²) in [7, 11) is 0. The van der Waals surface area contributed by atoms with E-state index in [9.17, 15) is 4.79 Å². The lowest BCUT2D eigenvalue weighted by Gasteiger charge is -2.12. The van der Waals surface area contributed by atoms with E-state index in [1.54, 1.807) is 0 Å². The first-order valence-electron chi connectivity index (χ1n) is 6.42. The molecule has 94 valence electrons. The topological polar surface area (TPSA) is 17.1 Å². The molecule has 0 aliphatic carbocycles. The zero-order valence-corrected chi connectivity index (χ0v) is 11.0. The van der Waals surface area contributed by atoms with Crippen LogP contribution in [0.5, 0.6) is 0 Å². The van der Waals surface area contributed by atoms with E-state index in [1.807, 2.05) is 55.5 Å². The molecule has 19 heavy (non-hydrogen) atoms. The highest BCUT2D eigenvalue weighted by atomic mass is 16.1. The number of ketones is 1. The molecule has 0 unspecified atom stereocenters. The molecule has 0 saturated carbocycles. The van der Waals surface area contributed by atoms with Crippen LogP contribution < -0.4 is 0 Å². The molecule has 0 aromatic heterocycles. The first-order valence-corrected chi connectivity index (χ1v) is 6.42. The van der Waals surface area contributed by atoms with Gasteiger partial charge in [-0.3, -0.25) is 4.79 Å². The molecule has 1 heteroatoms. The summed E-state index contributed by atoms with van der Waals surface area (Å²) in [5.41, 5.74) is 3.86. The Morgan fingerprint density at radius 2 is 1.84 bits per heavy atom. The predicted molar refractivity (Wildman–Crippen MR) is 79.0 cm³/mol. The van der Waals surface area contributed by atoms with Crippen molar-refractivity contribution in [2.24, 2.45) is 0 Å². The van der Waals surface area contributed by atoms with Gasteiger partial charge < -0.3 is 0 Å². The Morgan fingerprint density at radius 3 is 2.47 bits per heavy atom. The molecule has 0 aliphatic heterocycles. The summed E-state index contributed by atoms with van der Waals surface area (Å²) in [6, 6.07) is 15.8. The number of hydrogen-bond acceptors (Lipinski definition) is 1. The first kappa shape index (κ1) is 13.1. The summed E-state index contributed by atoms with van der Waals surface area (Å²) in [5.74, 6) is 2.80. The summed E-state index contributed by atoms with van der Waals surface area (Å²) >= 11 is 0. The highest BCUT2D eigenvalue weighted by Crippen LogP contribution is 2.27. The molecule has 0 aliphatic rings. The second-order valence-corrected chi connectivity index (χ2v) is 4.36. The molecule has 0 saturated heterocycles. The molecule has 2 rings (SSSR count). The molecule has 2 aromatic rings. The van der Waals surface area contributed by atoms with Crippen LogP contribution in [0.25, 0.3) is 11.1 Å². The maximum Gasteiger partial charge on any atom is 0.162 e. The molecule has 0 radical (unpaired) electrons. The third-order valence-corrected chi connectivity index (χ3v) is 3.16. The van der Waals surface area contributed by atoms with Crippen molar-refractivity contribution in [3.8, 4) is 23.5 Å². The first-order chi connectivity index (χ1) is 9.27. The lowest BCUT2D eigenvalue weighted by atomic mass is 9.91. The van der Waals surface area contributed by atoms with Crippen molar-refractivity contribution >= 4 is 5.78 Å². The molecular weight excluding hydrogens is 232 g/mol. The Labute approximate surface area is 114 Å². The number of rotatable bonds is 4. The van der Waals surface area contributed by atoms with Gasteiger partial charge in [0, 0.05) is 18.4 Å². The minimum Gasteiger partial charge on any atom is -0.294 e. The minimum atomic E-state index is 0.142. The molecule has 0 atom stereocenters. The van der Waals surface area contributed by atoms with Gasteiger partial charge in [0.2, 0.25) is 0 Å². The minimum absolute atomic E-state index is 0.142. The van der Waals surface area contributed by atoms with Gasteiger partial charge >= 0.3 is 0 Å². The Morgan fingerprint density at radius 1 is 1.11 bits per heavy atom. The zero-order chi connectivity index (χ0) is 13.7. The van der Waals surface area contributed by atoms with Gasteiger partial charge in [0.1, 0.15) is 0 Å². The summed E-state index contributed by atoms with van der Waals surface area (Å²) in [5, 5.41) is 0. The quantitative estimate of drug-likeness (QED) is 0.587. The third-order valence-electron chi connectivity index (χ3n) is 3.16. The number of carbonyl (C=O) groups excluding carboxylic acids is 1. The number of carbonyl (C=O) groups is 1. The number of Topliss-reactive ketones (excluding diaryl/α,β-unsaturated/α-hetero) is 1. The smallest absolute Gasteiger partial charge is 0.162 e. The van der Waals surface area contributed by atoms with Gasteiger partial charge in [-0.05, 0) is 16.7 Å². The fourth-order valence-corrected chi connectivity index (χ4v) is 2.22. The summed E-state index contributed by atoms with van der Waals surface area (Å²) in [6.07, 6.45) is 6.43. The monoisotopic (exact) mass is 248 g/mol. The Hall–Kier alpha value is -2.33. The van der Waals surface area contributed by atoms with Crippen LogP contribution in [0.1, 0.15) is 29.3 Å². The van der Waals surface area contributed by atoms with Gasteiger partial charge in [-0.15, -0.1) is 12.3 Å². The van der Waals surface area contributed by atoms with Crippen LogP contribution >= 0.6 is 0 Å². The summed E-state index contributed by atoms with van der Waals surface area (Å²) in [4.78, 5) is 12.0. The fraction of sp³-hybridized carbons (Fsp3) is 0.167. The lowest BCUT2D eigenvalue weighted by Crippen LogP contribution is -2.03. The van der Waals surface area contributed by atoms with Crippen LogP contribution in [0, 0.1) is 12.3 Å². The van der Waals surface area contributed by atoms with E-state index in [2.05, 4.69) is 5.92 Å². The zero-order valence-electron chi connectivity index (χ0n) is 11.0. The van der Waals surface area contributed by atoms with Crippen LogP contribution in [-0.2, 0) is 6.42 Å². The number of benzene rings is 2. The normalized spacial score (nSPS) is 9.89. The van der Waals surface area contributed by atoms with E-state index in [-0.39, 0.29) is 5.78 Å². The van der Waals surface area contributed by atoms with Crippen LogP contribution in [0.2, 0.25) is 0 Å². The van der Waals surface area contributed by atoms with Crippen LogP contribution in [0.3, 0.4) is 0 Å². The van der Waals surface area contributed by atoms with Crippen LogP contribution in [-0.4, -0.2) is 5.78 Å². The van der Waals surface area contributed by atoms with Gasteiger partial charge in [-0.1, -0.05) is 55.5 Å². The van der Waals surface area contributed by atoms with Crippen molar-refractivity contribution in [1.29, 1.82) is 0 Å². The van der Waals surface area contributed by atoms with Gasteiger partial charge in [-0.25, -0.2) is 0 Å². The van der Waals surface area contributed by atoms with Crippen molar-refractivity contribution in [3.63, 3.8) is 0 Å². The lowest BCUT2D eigenvalue weighted by molar-refractivity contribution is 0.0987. The maximum absolute atomic E-state index is 12.0.